The van der Waals surface area contributed by atoms with Crippen LogP contribution in [0.5, 0.6) is 11.5 Å². The van der Waals surface area contributed by atoms with E-state index in [1.807, 2.05) is 0 Å². The van der Waals surface area contributed by atoms with Gasteiger partial charge in [-0.15, -0.1) is 0 Å². The molecular formula is C16H16F4N4O4. The van der Waals surface area contributed by atoms with Crippen LogP contribution in [0.2, 0.25) is 0 Å². The van der Waals surface area contributed by atoms with Crippen LogP contribution < -0.4 is 31.6 Å². The first-order chi connectivity index (χ1) is 13.2. The number of urea groups is 2. The van der Waals surface area contributed by atoms with Crippen molar-refractivity contribution < 1.29 is 36.6 Å². The second kappa shape index (κ2) is 11.1. The molecule has 152 valence electrons. The number of carbonyl (C=O) groups is 2. The summed E-state index contributed by atoms with van der Waals surface area (Å²) in [5.74, 6) is -0.0730. The minimum atomic E-state index is -2.93. The summed E-state index contributed by atoms with van der Waals surface area (Å²) in [7, 11) is 0. The van der Waals surface area contributed by atoms with Crippen molar-refractivity contribution >= 4 is 23.4 Å². The average molecular weight is 404 g/mol. The van der Waals surface area contributed by atoms with Gasteiger partial charge in [0, 0.05) is 11.4 Å². The maximum absolute atomic E-state index is 12.0. The first-order valence-corrected chi connectivity index (χ1v) is 7.38. The van der Waals surface area contributed by atoms with E-state index in [1.165, 1.54) is 48.5 Å². The van der Waals surface area contributed by atoms with Crippen molar-refractivity contribution in [3.8, 4) is 11.5 Å². The van der Waals surface area contributed by atoms with E-state index >= 15 is 0 Å². The van der Waals surface area contributed by atoms with Crippen LogP contribution in [0, 0.1) is 0 Å². The minimum Gasteiger partial charge on any atom is -0.435 e. The molecule has 0 saturated carbocycles. The monoisotopic (exact) mass is 404 g/mol. The van der Waals surface area contributed by atoms with Gasteiger partial charge in [-0.3, -0.25) is 0 Å². The van der Waals surface area contributed by atoms with Crippen LogP contribution in [0.15, 0.2) is 48.5 Å². The summed E-state index contributed by atoms with van der Waals surface area (Å²) in [5, 5.41) is 4.95. The van der Waals surface area contributed by atoms with Crippen LogP contribution in [0.1, 0.15) is 0 Å². The van der Waals surface area contributed by atoms with E-state index in [9.17, 15) is 22.4 Å². The number of primary amides is 2. The maximum Gasteiger partial charge on any atom is 0.387 e. The van der Waals surface area contributed by atoms with Gasteiger partial charge in [-0.25, -0.2) is 9.59 Å². The highest BCUT2D eigenvalue weighted by atomic mass is 19.3. The van der Waals surface area contributed by atoms with Crippen LogP contribution in [-0.4, -0.2) is 25.3 Å². The summed E-state index contributed by atoms with van der Waals surface area (Å²) in [5.41, 5.74) is 9.21. The van der Waals surface area contributed by atoms with Gasteiger partial charge in [0.05, 0.1) is 0 Å². The smallest absolute Gasteiger partial charge is 0.387 e. The Balaban J connectivity index is 0.000000892. The fourth-order valence-electron chi connectivity index (χ4n) is 1.73. The second-order valence-corrected chi connectivity index (χ2v) is 4.79. The van der Waals surface area contributed by atoms with Gasteiger partial charge in [0.25, 0.3) is 0 Å². The molecule has 6 N–H and O–H groups in total. The van der Waals surface area contributed by atoms with Crippen molar-refractivity contribution in [2.75, 3.05) is 10.6 Å². The summed E-state index contributed by atoms with van der Waals surface area (Å²) >= 11 is 0. The normalized spacial score (nSPS) is 9.93. The van der Waals surface area contributed by atoms with Gasteiger partial charge in [0.15, 0.2) is 0 Å². The Bertz CT molecular complexity index is 697. The Kier molecular flexibility index (Phi) is 8.86. The number of halogens is 4. The molecule has 0 aliphatic carbocycles. The Labute approximate surface area is 156 Å². The minimum absolute atomic E-state index is 0.0365. The van der Waals surface area contributed by atoms with Crippen molar-refractivity contribution in [3.05, 3.63) is 48.5 Å². The maximum atomic E-state index is 12.0. The SMILES string of the molecule is NC(N)=O.O=C(Nc1ccc(OC(F)F)cc1)Nc1ccc(OC(F)F)cc1. The zero-order valence-electron chi connectivity index (χ0n) is 14.1. The molecule has 0 aromatic heterocycles. The van der Waals surface area contributed by atoms with Crippen LogP contribution in [0.3, 0.4) is 0 Å². The van der Waals surface area contributed by atoms with Crippen molar-refractivity contribution in [3.63, 3.8) is 0 Å². The molecule has 4 amide bonds. The Morgan fingerprint density at radius 3 is 1.25 bits per heavy atom. The highest BCUT2D eigenvalue weighted by molar-refractivity contribution is 5.99. The van der Waals surface area contributed by atoms with Crippen LogP contribution in [0.25, 0.3) is 0 Å². The van der Waals surface area contributed by atoms with Crippen LogP contribution in [0.4, 0.5) is 38.5 Å². The number of ether oxygens (including phenoxy) is 2. The Morgan fingerprint density at radius 1 is 0.714 bits per heavy atom. The van der Waals surface area contributed by atoms with Crippen LogP contribution >= 0.6 is 0 Å². The lowest BCUT2D eigenvalue weighted by Crippen LogP contribution is -2.19. The highest BCUT2D eigenvalue weighted by Crippen LogP contribution is 2.19. The predicted octanol–water partition coefficient (Wildman–Crippen LogP) is 3.56. The molecule has 0 saturated heterocycles. The van der Waals surface area contributed by atoms with E-state index in [0.717, 1.165) is 0 Å². The van der Waals surface area contributed by atoms with Gasteiger partial charge in [-0.1, -0.05) is 0 Å². The molecule has 0 spiro atoms. The van der Waals surface area contributed by atoms with E-state index in [4.69, 9.17) is 4.79 Å². The topological polar surface area (TPSA) is 129 Å². The molecule has 0 radical (unpaired) electrons. The molecule has 0 aliphatic rings. The zero-order chi connectivity index (χ0) is 21.1. The average Bonchev–Trinajstić information content (AvgIpc) is 2.57. The molecule has 0 atom stereocenters. The standard InChI is InChI=1S/C15H12F4N2O3.CH4N2O/c16-13(17)23-11-5-1-9(2-6-11)20-15(22)21-10-3-7-12(8-4-10)24-14(18)19;2-1(3)4/h1-8,13-14H,(H2,20,21,22);(H4,2,3,4). The van der Waals surface area contributed by atoms with Gasteiger partial charge in [-0.05, 0) is 48.5 Å². The number of benzene rings is 2. The highest BCUT2D eigenvalue weighted by Gasteiger charge is 2.07. The van der Waals surface area contributed by atoms with Gasteiger partial charge in [-0.2, -0.15) is 17.6 Å². The van der Waals surface area contributed by atoms with Crippen molar-refractivity contribution in [2.24, 2.45) is 11.5 Å². The first-order valence-electron chi connectivity index (χ1n) is 7.38. The van der Waals surface area contributed by atoms with E-state index in [-0.39, 0.29) is 11.5 Å². The molecular weight excluding hydrogens is 388 g/mol. The first kappa shape index (κ1) is 22.3. The molecule has 2 rings (SSSR count). The van der Waals surface area contributed by atoms with E-state index < -0.39 is 25.3 Å². The third-order valence-electron chi connectivity index (χ3n) is 2.67. The molecule has 2 aromatic rings. The van der Waals surface area contributed by atoms with Crippen LogP contribution in [-0.2, 0) is 0 Å². The van der Waals surface area contributed by atoms with Gasteiger partial charge in [0.2, 0.25) is 0 Å². The summed E-state index contributed by atoms with van der Waals surface area (Å²) in [6, 6.07) is 9.22. The van der Waals surface area contributed by atoms with Gasteiger partial charge in [0.1, 0.15) is 11.5 Å². The third kappa shape index (κ3) is 9.70. The zero-order valence-corrected chi connectivity index (χ0v) is 14.1. The van der Waals surface area contributed by atoms with Gasteiger partial charge < -0.3 is 31.6 Å². The summed E-state index contributed by atoms with van der Waals surface area (Å²) in [4.78, 5) is 20.8. The summed E-state index contributed by atoms with van der Waals surface area (Å²) in [6.45, 7) is -5.85. The number of nitrogens with one attached hydrogen (secondary N) is 2. The molecule has 8 nitrogen and oxygen atoms in total. The number of amides is 4. The fraction of sp³-hybridized carbons (Fsp3) is 0.125. The Hall–Kier alpha value is -3.70. The second-order valence-electron chi connectivity index (χ2n) is 4.79. The number of carbonyl (C=O) groups excluding carboxylic acids is 2. The lowest BCUT2D eigenvalue weighted by atomic mass is 10.3. The quantitative estimate of drug-likeness (QED) is 0.549. The number of anilines is 2. The Morgan fingerprint density at radius 2 is 1.00 bits per heavy atom. The van der Waals surface area contributed by atoms with E-state index in [2.05, 4.69) is 31.6 Å². The summed E-state index contributed by atoms with van der Waals surface area (Å²) in [6.07, 6.45) is 0. The van der Waals surface area contributed by atoms with E-state index in [1.54, 1.807) is 0 Å². The number of alkyl halides is 4. The number of hydrogen-bond donors (Lipinski definition) is 4. The van der Waals surface area contributed by atoms with Crippen molar-refractivity contribution in [2.45, 2.75) is 13.2 Å². The lowest BCUT2D eigenvalue weighted by Gasteiger charge is -2.10. The largest absolute Gasteiger partial charge is 0.435 e. The molecule has 0 fully saturated rings. The number of rotatable bonds is 6. The number of hydrogen-bond acceptors (Lipinski definition) is 4. The van der Waals surface area contributed by atoms with E-state index in [0.29, 0.717) is 11.4 Å². The summed E-state index contributed by atoms with van der Waals surface area (Å²) < 4.78 is 56.4. The molecule has 12 heteroatoms. The lowest BCUT2D eigenvalue weighted by molar-refractivity contribution is -0.0505. The number of nitrogens with two attached hydrogens (primary N) is 2. The molecule has 0 heterocycles. The molecule has 0 unspecified atom stereocenters. The fourth-order valence-corrected chi connectivity index (χ4v) is 1.73. The van der Waals surface area contributed by atoms with Gasteiger partial charge >= 0.3 is 25.3 Å². The molecule has 28 heavy (non-hydrogen) atoms. The molecule has 0 bridgehead atoms. The molecule has 0 aliphatic heterocycles. The third-order valence-corrected chi connectivity index (χ3v) is 2.67. The van der Waals surface area contributed by atoms with Crippen molar-refractivity contribution in [1.29, 1.82) is 0 Å². The molecule has 2 aromatic carbocycles. The predicted molar refractivity (Wildman–Crippen MR) is 92.6 cm³/mol. The van der Waals surface area contributed by atoms with Crippen molar-refractivity contribution in [1.82, 2.24) is 0 Å².